The van der Waals surface area contributed by atoms with Gasteiger partial charge in [0.15, 0.2) is 0 Å². The lowest BCUT2D eigenvalue weighted by Gasteiger charge is -2.13. The summed E-state index contributed by atoms with van der Waals surface area (Å²) in [6, 6.07) is 16.0. The highest BCUT2D eigenvalue weighted by molar-refractivity contribution is 5.92. The van der Waals surface area contributed by atoms with Crippen LogP contribution in [-0.4, -0.2) is 19.2 Å². The van der Waals surface area contributed by atoms with Gasteiger partial charge < -0.3 is 14.8 Å². The molecule has 0 amide bonds. The number of aryl methyl sites for hydroxylation is 1. The van der Waals surface area contributed by atoms with E-state index in [0.717, 1.165) is 39.3 Å². The van der Waals surface area contributed by atoms with E-state index >= 15 is 0 Å². The normalized spacial score (nSPS) is 10.6. The quantitative estimate of drug-likeness (QED) is 0.768. The minimum absolute atomic E-state index is 0.680. The molecule has 3 rings (SSSR count). The van der Waals surface area contributed by atoms with Gasteiger partial charge in [-0.05, 0) is 37.3 Å². The second kappa shape index (κ2) is 6.57. The number of pyridine rings is 1. The second-order valence-electron chi connectivity index (χ2n) is 5.36. The van der Waals surface area contributed by atoms with Crippen molar-refractivity contribution in [2.24, 2.45) is 0 Å². The van der Waals surface area contributed by atoms with E-state index < -0.39 is 0 Å². The zero-order chi connectivity index (χ0) is 16.2. The number of rotatable bonds is 5. The monoisotopic (exact) mass is 308 g/mol. The number of benzene rings is 2. The first-order chi connectivity index (χ1) is 11.2. The zero-order valence-electron chi connectivity index (χ0n) is 13.6. The van der Waals surface area contributed by atoms with Crippen LogP contribution in [-0.2, 0) is 6.54 Å². The largest absolute Gasteiger partial charge is 0.497 e. The van der Waals surface area contributed by atoms with Crippen molar-refractivity contribution in [3.63, 3.8) is 0 Å². The average molecular weight is 308 g/mol. The first-order valence-corrected chi connectivity index (χ1v) is 7.52. The molecule has 0 aliphatic rings. The first-order valence-electron chi connectivity index (χ1n) is 7.52. The Morgan fingerprint density at radius 3 is 2.61 bits per heavy atom. The number of anilines is 1. The van der Waals surface area contributed by atoms with E-state index in [-0.39, 0.29) is 0 Å². The molecule has 0 saturated heterocycles. The topological polar surface area (TPSA) is 43.4 Å². The van der Waals surface area contributed by atoms with Crippen molar-refractivity contribution in [1.82, 2.24) is 4.98 Å². The molecule has 0 radical (unpaired) electrons. The standard InChI is InChI=1S/C19H20N2O2/c1-13-10-18(16-11-15(22-2)8-9-17(16)21-13)20-12-14-6-4-5-7-19(14)23-3/h4-11H,12H2,1-3H3,(H,20,21). The van der Waals surface area contributed by atoms with Crippen LogP contribution in [0.3, 0.4) is 0 Å². The summed E-state index contributed by atoms with van der Waals surface area (Å²) in [7, 11) is 3.36. The Bertz CT molecular complexity index is 831. The zero-order valence-corrected chi connectivity index (χ0v) is 13.6. The van der Waals surface area contributed by atoms with Gasteiger partial charge in [-0.1, -0.05) is 18.2 Å². The third-order valence-electron chi connectivity index (χ3n) is 3.81. The smallest absolute Gasteiger partial charge is 0.123 e. The van der Waals surface area contributed by atoms with Gasteiger partial charge in [0.2, 0.25) is 0 Å². The highest BCUT2D eigenvalue weighted by Gasteiger charge is 2.07. The summed E-state index contributed by atoms with van der Waals surface area (Å²) in [4.78, 5) is 4.58. The Hall–Kier alpha value is -2.75. The van der Waals surface area contributed by atoms with Gasteiger partial charge in [-0.15, -0.1) is 0 Å². The summed E-state index contributed by atoms with van der Waals surface area (Å²) in [5, 5.41) is 4.54. The van der Waals surface area contributed by atoms with Gasteiger partial charge in [0.1, 0.15) is 11.5 Å². The van der Waals surface area contributed by atoms with Crippen molar-refractivity contribution in [3.8, 4) is 11.5 Å². The molecule has 4 nitrogen and oxygen atoms in total. The summed E-state index contributed by atoms with van der Waals surface area (Å²) in [6.07, 6.45) is 0. The minimum Gasteiger partial charge on any atom is -0.497 e. The third-order valence-corrected chi connectivity index (χ3v) is 3.81. The molecule has 1 heterocycles. The molecular weight excluding hydrogens is 288 g/mol. The van der Waals surface area contributed by atoms with Crippen LogP contribution in [0.2, 0.25) is 0 Å². The Labute approximate surface area is 136 Å². The van der Waals surface area contributed by atoms with Crippen LogP contribution in [0.15, 0.2) is 48.5 Å². The van der Waals surface area contributed by atoms with E-state index in [9.17, 15) is 0 Å². The molecule has 0 aliphatic heterocycles. The van der Waals surface area contributed by atoms with Crippen LogP contribution in [0.5, 0.6) is 11.5 Å². The van der Waals surface area contributed by atoms with Gasteiger partial charge in [0, 0.05) is 28.9 Å². The van der Waals surface area contributed by atoms with Gasteiger partial charge in [0.25, 0.3) is 0 Å². The summed E-state index contributed by atoms with van der Waals surface area (Å²) in [5.41, 5.74) is 4.08. The van der Waals surface area contributed by atoms with Gasteiger partial charge in [-0.3, -0.25) is 4.98 Å². The summed E-state index contributed by atoms with van der Waals surface area (Å²) >= 11 is 0. The van der Waals surface area contributed by atoms with E-state index in [1.165, 1.54) is 0 Å². The lowest BCUT2D eigenvalue weighted by Crippen LogP contribution is -2.03. The average Bonchev–Trinajstić information content (AvgIpc) is 2.59. The number of aromatic nitrogens is 1. The Morgan fingerprint density at radius 2 is 1.83 bits per heavy atom. The predicted molar refractivity (Wildman–Crippen MR) is 93.4 cm³/mol. The van der Waals surface area contributed by atoms with Crippen LogP contribution >= 0.6 is 0 Å². The number of hydrogen-bond donors (Lipinski definition) is 1. The number of nitrogens with zero attached hydrogens (tertiary/aromatic N) is 1. The van der Waals surface area contributed by atoms with Crippen molar-refractivity contribution < 1.29 is 9.47 Å². The number of ether oxygens (including phenoxy) is 2. The molecule has 2 aromatic carbocycles. The molecule has 0 bridgehead atoms. The maximum atomic E-state index is 5.41. The van der Waals surface area contributed by atoms with Gasteiger partial charge in [-0.25, -0.2) is 0 Å². The van der Waals surface area contributed by atoms with Crippen LogP contribution in [0, 0.1) is 6.92 Å². The molecule has 1 aromatic heterocycles. The number of fused-ring (bicyclic) bond motifs is 1. The molecule has 0 atom stereocenters. The van der Waals surface area contributed by atoms with Gasteiger partial charge >= 0.3 is 0 Å². The van der Waals surface area contributed by atoms with Crippen molar-refractivity contribution in [2.75, 3.05) is 19.5 Å². The van der Waals surface area contributed by atoms with Crippen molar-refractivity contribution in [2.45, 2.75) is 13.5 Å². The SMILES string of the molecule is COc1ccc2nc(C)cc(NCc3ccccc3OC)c2c1. The summed E-state index contributed by atoms with van der Waals surface area (Å²) in [6.45, 7) is 2.68. The van der Waals surface area contributed by atoms with Crippen LogP contribution < -0.4 is 14.8 Å². The fourth-order valence-corrected chi connectivity index (χ4v) is 2.65. The van der Waals surface area contributed by atoms with E-state index in [4.69, 9.17) is 9.47 Å². The molecule has 0 spiro atoms. The highest BCUT2D eigenvalue weighted by atomic mass is 16.5. The molecule has 23 heavy (non-hydrogen) atoms. The number of nitrogens with one attached hydrogen (secondary N) is 1. The Morgan fingerprint density at radius 1 is 1.00 bits per heavy atom. The van der Waals surface area contributed by atoms with Crippen LogP contribution in [0.4, 0.5) is 5.69 Å². The predicted octanol–water partition coefficient (Wildman–Crippen LogP) is 4.17. The van der Waals surface area contributed by atoms with E-state index in [0.29, 0.717) is 6.54 Å². The first kappa shape index (κ1) is 15.2. The molecule has 118 valence electrons. The molecule has 3 aromatic rings. The van der Waals surface area contributed by atoms with Gasteiger partial charge in [-0.2, -0.15) is 0 Å². The van der Waals surface area contributed by atoms with Crippen molar-refractivity contribution in [1.29, 1.82) is 0 Å². The highest BCUT2D eigenvalue weighted by Crippen LogP contribution is 2.28. The van der Waals surface area contributed by atoms with E-state index in [2.05, 4.69) is 22.4 Å². The lowest BCUT2D eigenvalue weighted by molar-refractivity contribution is 0.410. The van der Waals surface area contributed by atoms with Gasteiger partial charge in [0.05, 0.1) is 19.7 Å². The second-order valence-corrected chi connectivity index (χ2v) is 5.36. The summed E-state index contributed by atoms with van der Waals surface area (Å²) < 4.78 is 10.7. The number of methoxy groups -OCH3 is 2. The van der Waals surface area contributed by atoms with Crippen molar-refractivity contribution >= 4 is 16.6 Å². The molecule has 0 aliphatic carbocycles. The third kappa shape index (κ3) is 3.21. The number of hydrogen-bond acceptors (Lipinski definition) is 4. The fraction of sp³-hybridized carbons (Fsp3) is 0.211. The fourth-order valence-electron chi connectivity index (χ4n) is 2.65. The molecular formula is C19H20N2O2. The molecule has 0 fully saturated rings. The molecule has 4 heteroatoms. The van der Waals surface area contributed by atoms with Crippen LogP contribution in [0.1, 0.15) is 11.3 Å². The maximum absolute atomic E-state index is 5.41. The minimum atomic E-state index is 0.680. The van der Waals surface area contributed by atoms with Crippen LogP contribution in [0.25, 0.3) is 10.9 Å². The Balaban J connectivity index is 1.95. The molecule has 0 unspecified atom stereocenters. The van der Waals surface area contributed by atoms with E-state index in [1.54, 1.807) is 14.2 Å². The molecule has 0 saturated carbocycles. The lowest BCUT2D eigenvalue weighted by atomic mass is 10.1. The Kier molecular flexibility index (Phi) is 4.33. The van der Waals surface area contributed by atoms with E-state index in [1.807, 2.05) is 43.3 Å². The molecule has 1 N–H and O–H groups in total. The summed E-state index contributed by atoms with van der Waals surface area (Å²) in [5.74, 6) is 1.70. The number of para-hydroxylation sites is 1. The maximum Gasteiger partial charge on any atom is 0.123 e. The van der Waals surface area contributed by atoms with Crippen molar-refractivity contribution in [3.05, 3.63) is 59.8 Å².